The van der Waals surface area contributed by atoms with Crippen LogP contribution in [0.4, 0.5) is 0 Å². The number of rotatable bonds is 3. The molecular formula is C10H13BrN2OS. The molecule has 1 heterocycles. The van der Waals surface area contributed by atoms with Gasteiger partial charge in [0.15, 0.2) is 3.92 Å². The molecule has 2 unspecified atom stereocenters. The largest absolute Gasteiger partial charge is 0.469 e. The number of nitrogens with zero attached hydrogens (tertiary/aromatic N) is 2. The van der Waals surface area contributed by atoms with Crippen LogP contribution in [0.15, 0.2) is 16.1 Å². The average molecular weight is 289 g/mol. The Kier molecular flexibility index (Phi) is 3.75. The summed E-state index contributed by atoms with van der Waals surface area (Å²) < 4.78 is 6.39. The average Bonchev–Trinajstić information content (AvgIpc) is 2.63. The number of halogens is 1. The lowest BCUT2D eigenvalue weighted by molar-refractivity contribution is 0.197. The van der Waals surface area contributed by atoms with Gasteiger partial charge in [0.25, 0.3) is 5.19 Å². The second kappa shape index (κ2) is 5.07. The molecule has 0 N–H and O–H groups in total. The second-order valence-corrected chi connectivity index (χ2v) is 6.03. The first-order valence-electron chi connectivity index (χ1n) is 5.02. The fraction of sp³-hybridized carbons (Fsp3) is 0.600. The van der Waals surface area contributed by atoms with E-state index in [0.717, 1.165) is 23.4 Å². The van der Waals surface area contributed by atoms with Gasteiger partial charge < -0.3 is 4.74 Å². The summed E-state index contributed by atoms with van der Waals surface area (Å²) in [6, 6.07) is 0. The lowest BCUT2D eigenvalue weighted by atomic mass is 9.85. The minimum absolute atomic E-state index is 0.609. The Morgan fingerprint density at radius 2 is 2.27 bits per heavy atom. The molecule has 1 aliphatic carbocycles. The van der Waals surface area contributed by atoms with Crippen LogP contribution in [0, 0.1) is 11.8 Å². The SMILES string of the molecule is CC1CC=CCC1COc1nnc(Br)s1. The zero-order chi connectivity index (χ0) is 10.7. The minimum atomic E-state index is 0.609. The van der Waals surface area contributed by atoms with Crippen LogP contribution >= 0.6 is 27.3 Å². The summed E-state index contributed by atoms with van der Waals surface area (Å²) >= 11 is 4.70. The summed E-state index contributed by atoms with van der Waals surface area (Å²) in [6.45, 7) is 3.01. The van der Waals surface area contributed by atoms with E-state index in [9.17, 15) is 0 Å². The van der Waals surface area contributed by atoms with Crippen LogP contribution in [0.1, 0.15) is 19.8 Å². The predicted octanol–water partition coefficient (Wildman–Crippen LogP) is 3.28. The maximum Gasteiger partial charge on any atom is 0.294 e. The van der Waals surface area contributed by atoms with Crippen molar-refractivity contribution in [1.82, 2.24) is 10.2 Å². The van der Waals surface area contributed by atoms with Crippen molar-refractivity contribution in [3.05, 3.63) is 16.1 Å². The van der Waals surface area contributed by atoms with E-state index < -0.39 is 0 Å². The van der Waals surface area contributed by atoms with E-state index in [2.05, 4.69) is 45.2 Å². The molecule has 3 nitrogen and oxygen atoms in total. The molecule has 0 radical (unpaired) electrons. The van der Waals surface area contributed by atoms with E-state index in [0.29, 0.717) is 17.0 Å². The topological polar surface area (TPSA) is 35.0 Å². The first-order valence-corrected chi connectivity index (χ1v) is 6.63. The van der Waals surface area contributed by atoms with E-state index in [-0.39, 0.29) is 0 Å². The number of ether oxygens (including phenoxy) is 1. The Balaban J connectivity index is 1.85. The predicted molar refractivity (Wildman–Crippen MR) is 64.1 cm³/mol. The van der Waals surface area contributed by atoms with Gasteiger partial charge in [-0.2, -0.15) is 0 Å². The molecule has 1 aliphatic rings. The summed E-state index contributed by atoms with van der Waals surface area (Å²) in [5.41, 5.74) is 0. The molecule has 0 fully saturated rings. The molecule has 0 spiro atoms. The summed E-state index contributed by atoms with van der Waals surface area (Å²) in [4.78, 5) is 0. The third kappa shape index (κ3) is 3.01. The van der Waals surface area contributed by atoms with E-state index in [4.69, 9.17) is 4.74 Å². The van der Waals surface area contributed by atoms with Crippen LogP contribution in [-0.2, 0) is 0 Å². The molecule has 2 atom stereocenters. The van der Waals surface area contributed by atoms with Crippen LogP contribution in [0.2, 0.25) is 0 Å². The molecule has 82 valence electrons. The zero-order valence-corrected chi connectivity index (χ0v) is 10.9. The monoisotopic (exact) mass is 288 g/mol. The summed E-state index contributed by atoms with van der Waals surface area (Å²) in [5, 5.41) is 8.41. The molecule has 0 amide bonds. The van der Waals surface area contributed by atoms with Crippen molar-refractivity contribution < 1.29 is 4.74 Å². The number of hydrogen-bond acceptors (Lipinski definition) is 4. The van der Waals surface area contributed by atoms with Gasteiger partial charge in [0, 0.05) is 0 Å². The van der Waals surface area contributed by atoms with Gasteiger partial charge in [0.1, 0.15) is 0 Å². The molecule has 15 heavy (non-hydrogen) atoms. The number of allylic oxidation sites excluding steroid dienone is 2. The lowest BCUT2D eigenvalue weighted by Gasteiger charge is -2.24. The second-order valence-electron chi connectivity index (χ2n) is 3.81. The Morgan fingerprint density at radius 3 is 2.93 bits per heavy atom. The Hall–Kier alpha value is -0.420. The van der Waals surface area contributed by atoms with Gasteiger partial charge in [-0.05, 0) is 51.9 Å². The Morgan fingerprint density at radius 1 is 1.47 bits per heavy atom. The zero-order valence-electron chi connectivity index (χ0n) is 8.52. The Bertz CT molecular complexity index is 353. The smallest absolute Gasteiger partial charge is 0.294 e. The van der Waals surface area contributed by atoms with Gasteiger partial charge >= 0.3 is 0 Å². The van der Waals surface area contributed by atoms with E-state index >= 15 is 0 Å². The van der Waals surface area contributed by atoms with Crippen molar-refractivity contribution in [3.8, 4) is 5.19 Å². The van der Waals surface area contributed by atoms with Gasteiger partial charge in [0.05, 0.1) is 6.61 Å². The maximum absolute atomic E-state index is 5.62. The van der Waals surface area contributed by atoms with Crippen molar-refractivity contribution >= 4 is 27.3 Å². The molecule has 2 rings (SSSR count). The third-order valence-corrected chi connectivity index (χ3v) is 3.99. The van der Waals surface area contributed by atoms with Crippen LogP contribution in [0.3, 0.4) is 0 Å². The van der Waals surface area contributed by atoms with Gasteiger partial charge in [-0.15, -0.1) is 5.10 Å². The highest BCUT2D eigenvalue weighted by atomic mass is 79.9. The molecule has 5 heteroatoms. The van der Waals surface area contributed by atoms with Gasteiger partial charge in [-0.3, -0.25) is 0 Å². The quantitative estimate of drug-likeness (QED) is 0.801. The van der Waals surface area contributed by atoms with Crippen molar-refractivity contribution in [2.45, 2.75) is 19.8 Å². The molecule has 0 saturated heterocycles. The molecule has 0 aromatic carbocycles. The highest BCUT2D eigenvalue weighted by molar-refractivity contribution is 9.11. The molecule has 1 aromatic heterocycles. The minimum Gasteiger partial charge on any atom is -0.469 e. The standard InChI is InChI=1S/C10H13BrN2OS/c1-7-4-2-3-5-8(7)6-14-10-13-12-9(11)15-10/h2-3,7-8H,4-6H2,1H3. The molecule has 0 saturated carbocycles. The van der Waals surface area contributed by atoms with E-state index in [1.807, 2.05) is 0 Å². The third-order valence-electron chi connectivity index (χ3n) is 2.72. The van der Waals surface area contributed by atoms with Crippen molar-refractivity contribution in [2.24, 2.45) is 11.8 Å². The first-order chi connectivity index (χ1) is 7.25. The lowest BCUT2D eigenvalue weighted by Crippen LogP contribution is -2.21. The Labute approximate surface area is 102 Å². The van der Waals surface area contributed by atoms with E-state index in [1.54, 1.807) is 0 Å². The number of hydrogen-bond donors (Lipinski definition) is 0. The molecule has 0 bridgehead atoms. The van der Waals surface area contributed by atoms with Gasteiger partial charge in [0.2, 0.25) is 0 Å². The van der Waals surface area contributed by atoms with Crippen LogP contribution < -0.4 is 4.74 Å². The molecule has 0 aliphatic heterocycles. The summed E-state index contributed by atoms with van der Waals surface area (Å²) in [5.74, 6) is 1.31. The van der Waals surface area contributed by atoms with Crippen molar-refractivity contribution in [2.75, 3.05) is 6.61 Å². The van der Waals surface area contributed by atoms with Crippen LogP contribution in [0.25, 0.3) is 0 Å². The summed E-state index contributed by atoms with van der Waals surface area (Å²) in [7, 11) is 0. The van der Waals surface area contributed by atoms with Crippen molar-refractivity contribution in [1.29, 1.82) is 0 Å². The van der Waals surface area contributed by atoms with Gasteiger partial charge in [-0.1, -0.05) is 24.2 Å². The fourth-order valence-electron chi connectivity index (χ4n) is 1.67. The summed E-state index contributed by atoms with van der Waals surface area (Å²) in [6.07, 6.45) is 6.77. The molecule has 1 aromatic rings. The highest BCUT2D eigenvalue weighted by Crippen LogP contribution is 2.27. The van der Waals surface area contributed by atoms with Crippen LogP contribution in [0.5, 0.6) is 5.19 Å². The van der Waals surface area contributed by atoms with E-state index in [1.165, 1.54) is 11.3 Å². The van der Waals surface area contributed by atoms with Crippen molar-refractivity contribution in [3.63, 3.8) is 0 Å². The number of aromatic nitrogens is 2. The molecular weight excluding hydrogens is 276 g/mol. The van der Waals surface area contributed by atoms with Crippen LogP contribution in [-0.4, -0.2) is 16.8 Å². The first kappa shape index (κ1) is 11.1. The fourth-order valence-corrected chi connectivity index (χ4v) is 2.60. The highest BCUT2D eigenvalue weighted by Gasteiger charge is 2.19. The maximum atomic E-state index is 5.62. The normalized spacial score (nSPS) is 25.5. The van der Waals surface area contributed by atoms with Gasteiger partial charge in [-0.25, -0.2) is 0 Å².